The van der Waals surface area contributed by atoms with Gasteiger partial charge in [-0.1, -0.05) is 6.07 Å². The van der Waals surface area contributed by atoms with Gasteiger partial charge in [-0.2, -0.15) is 5.10 Å². The Morgan fingerprint density at radius 1 is 1.19 bits per heavy atom. The Balaban J connectivity index is 1.42. The van der Waals surface area contributed by atoms with E-state index in [-0.39, 0.29) is 6.10 Å². The van der Waals surface area contributed by atoms with Gasteiger partial charge in [0.2, 0.25) is 0 Å². The van der Waals surface area contributed by atoms with E-state index in [1.54, 1.807) is 17.1 Å². The van der Waals surface area contributed by atoms with Crippen molar-refractivity contribution in [3.8, 4) is 5.82 Å². The van der Waals surface area contributed by atoms with Gasteiger partial charge in [-0.15, -0.1) is 0 Å². The molecule has 2 atom stereocenters. The molecule has 0 spiro atoms. The first-order chi connectivity index (χ1) is 12.8. The van der Waals surface area contributed by atoms with Crippen molar-refractivity contribution < 1.29 is 4.74 Å². The Morgan fingerprint density at radius 3 is 2.96 bits per heavy atom. The number of nitrogens with one attached hydrogen (secondary N) is 1. The van der Waals surface area contributed by atoms with Crippen molar-refractivity contribution in [1.29, 1.82) is 0 Å². The van der Waals surface area contributed by atoms with Crippen LogP contribution in [0.2, 0.25) is 0 Å². The minimum absolute atomic E-state index is 0.0516. The number of ether oxygens (including phenoxy) is 1. The first kappa shape index (κ1) is 16.9. The summed E-state index contributed by atoms with van der Waals surface area (Å²) in [6, 6.07) is 5.96. The minimum atomic E-state index is 0.0516. The van der Waals surface area contributed by atoms with Crippen LogP contribution < -0.4 is 5.32 Å². The zero-order valence-electron chi connectivity index (χ0n) is 15.0. The summed E-state index contributed by atoms with van der Waals surface area (Å²) in [6.07, 6.45) is 11.6. The summed E-state index contributed by atoms with van der Waals surface area (Å²) in [5, 5.41) is 7.88. The van der Waals surface area contributed by atoms with Gasteiger partial charge in [0.1, 0.15) is 11.9 Å². The van der Waals surface area contributed by atoms with Crippen LogP contribution in [0.15, 0.2) is 49.2 Å². The van der Waals surface area contributed by atoms with Crippen LogP contribution in [0.5, 0.6) is 0 Å². The lowest BCUT2D eigenvalue weighted by molar-refractivity contribution is -0.0344. The molecule has 0 saturated carbocycles. The highest BCUT2D eigenvalue weighted by Crippen LogP contribution is 2.32. The summed E-state index contributed by atoms with van der Waals surface area (Å²) in [4.78, 5) is 8.97. The van der Waals surface area contributed by atoms with E-state index in [1.807, 2.05) is 37.8 Å². The quantitative estimate of drug-likeness (QED) is 0.737. The fraction of sp³-hybridized carbons (Fsp3) is 0.421. The van der Waals surface area contributed by atoms with Crippen molar-refractivity contribution >= 4 is 0 Å². The van der Waals surface area contributed by atoms with Crippen LogP contribution in [0.1, 0.15) is 30.3 Å². The van der Waals surface area contributed by atoms with E-state index in [4.69, 9.17) is 4.74 Å². The van der Waals surface area contributed by atoms with Crippen LogP contribution in [0, 0.1) is 5.92 Å². The lowest BCUT2D eigenvalue weighted by atomic mass is 9.93. The van der Waals surface area contributed by atoms with Gasteiger partial charge in [0.05, 0.1) is 0 Å². The summed E-state index contributed by atoms with van der Waals surface area (Å²) in [5.74, 6) is 2.29. The SMILES string of the molecule is Cn1ccnc1[C@@H]1OCCC[C@H]1CNCc1cccnc1-n1cccn1. The van der Waals surface area contributed by atoms with Gasteiger partial charge >= 0.3 is 0 Å². The molecule has 0 aliphatic carbocycles. The van der Waals surface area contributed by atoms with E-state index >= 15 is 0 Å². The van der Waals surface area contributed by atoms with Crippen molar-refractivity contribution in [2.24, 2.45) is 13.0 Å². The molecular formula is C19H24N6O. The van der Waals surface area contributed by atoms with Crippen LogP contribution in [0.25, 0.3) is 5.82 Å². The molecule has 1 aliphatic heterocycles. The molecule has 0 bridgehead atoms. The predicted molar refractivity (Wildman–Crippen MR) is 97.7 cm³/mol. The molecule has 7 heteroatoms. The van der Waals surface area contributed by atoms with E-state index < -0.39 is 0 Å². The molecule has 0 aromatic carbocycles. The minimum Gasteiger partial charge on any atom is -0.370 e. The number of pyridine rings is 1. The Hall–Kier alpha value is -2.51. The molecular weight excluding hydrogens is 328 g/mol. The molecule has 0 radical (unpaired) electrons. The largest absolute Gasteiger partial charge is 0.370 e. The number of rotatable bonds is 6. The Morgan fingerprint density at radius 2 is 2.15 bits per heavy atom. The van der Waals surface area contributed by atoms with E-state index in [1.165, 1.54) is 0 Å². The molecule has 136 valence electrons. The zero-order valence-corrected chi connectivity index (χ0v) is 15.0. The van der Waals surface area contributed by atoms with Crippen molar-refractivity contribution in [3.63, 3.8) is 0 Å². The average molecular weight is 352 g/mol. The number of imidazole rings is 1. The highest BCUT2D eigenvalue weighted by molar-refractivity contribution is 5.32. The molecule has 4 heterocycles. The van der Waals surface area contributed by atoms with Crippen LogP contribution in [-0.2, 0) is 18.3 Å². The van der Waals surface area contributed by atoms with Gasteiger partial charge in [0.25, 0.3) is 0 Å². The van der Waals surface area contributed by atoms with Crippen molar-refractivity contribution in [3.05, 3.63) is 60.6 Å². The van der Waals surface area contributed by atoms with Crippen LogP contribution in [-0.4, -0.2) is 37.5 Å². The Kier molecular flexibility index (Phi) is 5.08. The van der Waals surface area contributed by atoms with Gasteiger partial charge in [-0.25, -0.2) is 14.6 Å². The van der Waals surface area contributed by atoms with Crippen LogP contribution >= 0.6 is 0 Å². The zero-order chi connectivity index (χ0) is 17.8. The molecule has 0 amide bonds. The lowest BCUT2D eigenvalue weighted by Gasteiger charge is -2.31. The Bertz CT molecular complexity index is 828. The van der Waals surface area contributed by atoms with Gasteiger partial charge in [0.15, 0.2) is 5.82 Å². The second-order valence-electron chi connectivity index (χ2n) is 6.66. The third kappa shape index (κ3) is 3.54. The van der Waals surface area contributed by atoms with E-state index in [2.05, 4.69) is 31.0 Å². The maximum Gasteiger partial charge on any atom is 0.157 e. The van der Waals surface area contributed by atoms with Crippen molar-refractivity contribution in [2.75, 3.05) is 13.2 Å². The topological polar surface area (TPSA) is 69.8 Å². The van der Waals surface area contributed by atoms with Gasteiger partial charge < -0.3 is 14.6 Å². The number of hydrogen-bond donors (Lipinski definition) is 1. The maximum absolute atomic E-state index is 6.05. The number of hydrogen-bond acceptors (Lipinski definition) is 5. The highest BCUT2D eigenvalue weighted by Gasteiger charge is 2.29. The van der Waals surface area contributed by atoms with Gasteiger partial charge in [-0.3, -0.25) is 0 Å². The summed E-state index contributed by atoms with van der Waals surface area (Å²) in [7, 11) is 2.02. The molecule has 3 aromatic heterocycles. The monoisotopic (exact) mass is 352 g/mol. The molecule has 1 saturated heterocycles. The summed E-state index contributed by atoms with van der Waals surface area (Å²) in [6.45, 7) is 2.43. The van der Waals surface area contributed by atoms with Gasteiger partial charge in [-0.05, 0) is 25.0 Å². The standard InChI is InChI=1S/C19H24N6O/c1-24-11-9-22-19(24)17-15(6-3-12-26-17)13-20-14-16-5-2-7-21-18(16)25-10-4-8-23-25/h2,4-5,7-11,15,17,20H,3,6,12-14H2,1H3/t15-,17+/m0/s1. The Labute approximate surface area is 153 Å². The van der Waals surface area contributed by atoms with E-state index in [0.29, 0.717) is 5.92 Å². The lowest BCUT2D eigenvalue weighted by Crippen LogP contribution is -2.33. The van der Waals surface area contributed by atoms with Gasteiger partial charge in [0, 0.05) is 69.2 Å². The van der Waals surface area contributed by atoms with Crippen molar-refractivity contribution in [1.82, 2.24) is 29.6 Å². The smallest absolute Gasteiger partial charge is 0.157 e. The molecule has 0 unspecified atom stereocenters. The normalized spacial score (nSPS) is 20.3. The van der Waals surface area contributed by atoms with Crippen LogP contribution in [0.3, 0.4) is 0 Å². The van der Waals surface area contributed by atoms with Crippen molar-refractivity contribution in [2.45, 2.75) is 25.5 Å². The first-order valence-electron chi connectivity index (χ1n) is 9.06. The summed E-state index contributed by atoms with van der Waals surface area (Å²) >= 11 is 0. The molecule has 26 heavy (non-hydrogen) atoms. The highest BCUT2D eigenvalue weighted by atomic mass is 16.5. The molecule has 1 N–H and O–H groups in total. The number of aryl methyl sites for hydroxylation is 1. The number of aromatic nitrogens is 5. The fourth-order valence-electron chi connectivity index (χ4n) is 3.55. The molecule has 7 nitrogen and oxygen atoms in total. The second-order valence-corrected chi connectivity index (χ2v) is 6.66. The number of nitrogens with zero attached hydrogens (tertiary/aromatic N) is 5. The third-order valence-corrected chi connectivity index (χ3v) is 4.87. The second kappa shape index (κ2) is 7.80. The average Bonchev–Trinajstić information content (AvgIpc) is 3.34. The fourth-order valence-corrected chi connectivity index (χ4v) is 3.55. The maximum atomic E-state index is 6.05. The third-order valence-electron chi connectivity index (χ3n) is 4.87. The summed E-state index contributed by atoms with van der Waals surface area (Å²) < 4.78 is 9.91. The molecule has 1 aliphatic rings. The molecule has 3 aromatic rings. The van der Waals surface area contributed by atoms with E-state index in [0.717, 1.165) is 49.7 Å². The molecule has 4 rings (SSSR count). The summed E-state index contributed by atoms with van der Waals surface area (Å²) in [5.41, 5.74) is 1.13. The predicted octanol–water partition coefficient (Wildman–Crippen LogP) is 2.26. The van der Waals surface area contributed by atoms with Crippen LogP contribution in [0.4, 0.5) is 0 Å². The van der Waals surface area contributed by atoms with E-state index in [9.17, 15) is 0 Å². The molecule has 1 fully saturated rings. The first-order valence-corrected chi connectivity index (χ1v) is 9.06.